The summed E-state index contributed by atoms with van der Waals surface area (Å²) in [5.74, 6) is 1.38. The molecule has 158 valence electrons. The van der Waals surface area contributed by atoms with Crippen LogP contribution in [0.1, 0.15) is 17.0 Å². The Labute approximate surface area is 183 Å². The number of para-hydroxylation sites is 1. The third kappa shape index (κ3) is 4.80. The Morgan fingerprint density at radius 3 is 2.48 bits per heavy atom. The van der Waals surface area contributed by atoms with Crippen molar-refractivity contribution in [1.82, 2.24) is 35.0 Å². The molecule has 0 bridgehead atoms. The third-order valence-corrected chi connectivity index (χ3v) is 5.79. The van der Waals surface area contributed by atoms with Crippen LogP contribution in [0, 0.1) is 13.8 Å². The zero-order valence-electron chi connectivity index (χ0n) is 17.5. The van der Waals surface area contributed by atoms with Gasteiger partial charge >= 0.3 is 0 Å². The minimum atomic E-state index is -0.0857. The highest BCUT2D eigenvalue weighted by Crippen LogP contribution is 2.21. The molecule has 1 amide bonds. The first kappa shape index (κ1) is 20.7. The van der Waals surface area contributed by atoms with Gasteiger partial charge in [-0.3, -0.25) is 4.79 Å². The van der Waals surface area contributed by atoms with E-state index >= 15 is 0 Å². The maximum Gasteiger partial charge on any atom is 0.234 e. The van der Waals surface area contributed by atoms with Crippen molar-refractivity contribution >= 4 is 23.4 Å². The Morgan fingerprint density at radius 2 is 1.74 bits per heavy atom. The molecular weight excluding hydrogens is 412 g/mol. The number of anilines is 1. The number of hydrogen-bond acceptors (Lipinski definition) is 7. The predicted octanol–water partition coefficient (Wildman–Crippen LogP) is 2.86. The van der Waals surface area contributed by atoms with Crippen molar-refractivity contribution < 1.29 is 4.79 Å². The Kier molecular flexibility index (Phi) is 6.08. The smallest absolute Gasteiger partial charge is 0.234 e. The minimum Gasteiger partial charge on any atom is -0.325 e. The van der Waals surface area contributed by atoms with Crippen LogP contribution in [0.15, 0.2) is 53.7 Å². The quantitative estimate of drug-likeness (QED) is 0.446. The summed E-state index contributed by atoms with van der Waals surface area (Å²) in [6.07, 6.45) is 0. The van der Waals surface area contributed by atoms with Gasteiger partial charge in [-0.2, -0.15) is 4.80 Å². The molecule has 10 heteroatoms. The lowest BCUT2D eigenvalue weighted by Crippen LogP contribution is -2.16. The number of hydrogen-bond donors (Lipinski definition) is 1. The molecule has 2 aromatic carbocycles. The summed E-state index contributed by atoms with van der Waals surface area (Å²) >= 11 is 1.33. The maximum atomic E-state index is 12.4. The molecule has 0 aliphatic carbocycles. The molecule has 4 aromatic rings. The lowest BCUT2D eigenvalue weighted by molar-refractivity contribution is -0.113. The summed E-state index contributed by atoms with van der Waals surface area (Å²) in [5, 5.41) is 24.6. The zero-order valence-corrected chi connectivity index (χ0v) is 18.3. The Morgan fingerprint density at radius 1 is 1.00 bits per heavy atom. The van der Waals surface area contributed by atoms with E-state index in [1.54, 1.807) is 0 Å². The van der Waals surface area contributed by atoms with Crippen LogP contribution >= 0.6 is 11.8 Å². The molecule has 0 aliphatic rings. The first-order chi connectivity index (χ1) is 15.0. The van der Waals surface area contributed by atoms with Gasteiger partial charge in [0.15, 0.2) is 11.0 Å². The fraction of sp³-hybridized carbons (Fsp3) is 0.238. The number of nitrogens with one attached hydrogen (secondary N) is 1. The van der Waals surface area contributed by atoms with Crippen LogP contribution in [0.4, 0.5) is 5.69 Å². The number of nitrogens with zero attached hydrogens (tertiary/aromatic N) is 7. The van der Waals surface area contributed by atoms with Crippen LogP contribution in [0.3, 0.4) is 0 Å². The topological polar surface area (TPSA) is 103 Å². The van der Waals surface area contributed by atoms with Gasteiger partial charge in [-0.1, -0.05) is 60.3 Å². The van der Waals surface area contributed by atoms with Crippen molar-refractivity contribution in [3.63, 3.8) is 0 Å². The van der Waals surface area contributed by atoms with E-state index in [4.69, 9.17) is 0 Å². The SMILES string of the molecule is Cc1cccc(C)c1NC(=O)CSc1nnc(Cn2nnc(-c3ccccc3)n2)n1C. The summed E-state index contributed by atoms with van der Waals surface area (Å²) in [6, 6.07) is 15.6. The molecule has 1 N–H and O–H groups in total. The normalized spacial score (nSPS) is 10.9. The number of aromatic nitrogens is 7. The number of aryl methyl sites for hydroxylation is 2. The van der Waals surface area contributed by atoms with Gasteiger partial charge in [-0.15, -0.1) is 20.4 Å². The summed E-state index contributed by atoms with van der Waals surface area (Å²) in [7, 11) is 1.86. The lowest BCUT2D eigenvalue weighted by Gasteiger charge is -2.11. The summed E-state index contributed by atoms with van der Waals surface area (Å²) in [5.41, 5.74) is 3.83. The van der Waals surface area contributed by atoms with Gasteiger partial charge in [-0.25, -0.2) is 0 Å². The van der Waals surface area contributed by atoms with E-state index in [0.29, 0.717) is 23.4 Å². The van der Waals surface area contributed by atoms with Gasteiger partial charge in [0.25, 0.3) is 0 Å². The van der Waals surface area contributed by atoms with Crippen molar-refractivity contribution in [2.45, 2.75) is 25.5 Å². The monoisotopic (exact) mass is 434 g/mol. The number of thioether (sulfide) groups is 1. The second-order valence-corrected chi connectivity index (χ2v) is 8.01. The van der Waals surface area contributed by atoms with Crippen LogP contribution in [-0.2, 0) is 18.4 Å². The number of amides is 1. The molecule has 2 aromatic heterocycles. The number of carbonyl (C=O) groups is 1. The van der Waals surface area contributed by atoms with Gasteiger partial charge in [0.1, 0.15) is 6.54 Å². The second-order valence-electron chi connectivity index (χ2n) is 7.07. The van der Waals surface area contributed by atoms with Gasteiger partial charge in [0, 0.05) is 18.3 Å². The van der Waals surface area contributed by atoms with Gasteiger partial charge in [0.2, 0.25) is 11.7 Å². The first-order valence-electron chi connectivity index (χ1n) is 9.71. The summed E-state index contributed by atoms with van der Waals surface area (Å²) in [4.78, 5) is 13.9. The average Bonchev–Trinajstić information content (AvgIpc) is 3.38. The van der Waals surface area contributed by atoms with Crippen LogP contribution in [-0.4, -0.2) is 46.6 Å². The molecule has 0 fully saturated rings. The van der Waals surface area contributed by atoms with Crippen LogP contribution < -0.4 is 5.32 Å². The van der Waals surface area contributed by atoms with E-state index in [9.17, 15) is 4.79 Å². The molecule has 31 heavy (non-hydrogen) atoms. The maximum absolute atomic E-state index is 12.4. The lowest BCUT2D eigenvalue weighted by atomic mass is 10.1. The van der Waals surface area contributed by atoms with Crippen molar-refractivity contribution in [3.05, 3.63) is 65.5 Å². The summed E-state index contributed by atoms with van der Waals surface area (Å²) < 4.78 is 1.84. The molecule has 0 unspecified atom stereocenters. The van der Waals surface area contributed by atoms with Gasteiger partial charge in [-0.05, 0) is 30.2 Å². The van der Waals surface area contributed by atoms with Crippen molar-refractivity contribution in [3.8, 4) is 11.4 Å². The second kappa shape index (κ2) is 9.09. The van der Waals surface area contributed by atoms with Crippen molar-refractivity contribution in [2.75, 3.05) is 11.1 Å². The zero-order chi connectivity index (χ0) is 21.8. The van der Waals surface area contributed by atoms with E-state index in [2.05, 4.69) is 30.9 Å². The molecule has 0 saturated carbocycles. The Hall–Kier alpha value is -3.53. The largest absolute Gasteiger partial charge is 0.325 e. The first-order valence-corrected chi connectivity index (χ1v) is 10.7. The van der Waals surface area contributed by atoms with Crippen LogP contribution in [0.5, 0.6) is 0 Å². The van der Waals surface area contributed by atoms with Crippen molar-refractivity contribution in [1.29, 1.82) is 0 Å². The van der Waals surface area contributed by atoms with E-state index in [1.165, 1.54) is 16.6 Å². The minimum absolute atomic E-state index is 0.0857. The molecule has 0 spiro atoms. The van der Waals surface area contributed by atoms with E-state index < -0.39 is 0 Å². The fourth-order valence-electron chi connectivity index (χ4n) is 3.07. The molecule has 0 saturated heterocycles. The highest BCUT2D eigenvalue weighted by Gasteiger charge is 2.14. The molecule has 9 nitrogen and oxygen atoms in total. The fourth-order valence-corrected chi connectivity index (χ4v) is 3.80. The van der Waals surface area contributed by atoms with E-state index in [1.807, 2.05) is 74.0 Å². The van der Waals surface area contributed by atoms with Gasteiger partial charge < -0.3 is 9.88 Å². The number of carbonyl (C=O) groups excluding carboxylic acids is 1. The van der Waals surface area contributed by atoms with Crippen LogP contribution in [0.2, 0.25) is 0 Å². The number of rotatable bonds is 7. The highest BCUT2D eigenvalue weighted by molar-refractivity contribution is 7.99. The Balaban J connectivity index is 1.37. The number of benzene rings is 2. The third-order valence-electron chi connectivity index (χ3n) is 4.77. The van der Waals surface area contributed by atoms with Crippen molar-refractivity contribution in [2.24, 2.45) is 7.05 Å². The van der Waals surface area contributed by atoms with Crippen LogP contribution in [0.25, 0.3) is 11.4 Å². The molecule has 2 heterocycles. The summed E-state index contributed by atoms with van der Waals surface area (Å²) in [6.45, 7) is 4.29. The van der Waals surface area contributed by atoms with E-state index in [0.717, 1.165) is 22.4 Å². The standard InChI is InChI=1S/C21H22N8OS/c1-14-8-7-9-15(2)19(14)22-18(30)13-31-21-25-23-17(28(21)3)12-29-26-20(24-27-29)16-10-5-4-6-11-16/h4-11H,12-13H2,1-3H3,(H,22,30). The van der Waals surface area contributed by atoms with E-state index in [-0.39, 0.29) is 11.7 Å². The Bertz CT molecular complexity index is 1180. The molecule has 0 atom stereocenters. The molecule has 4 rings (SSSR count). The molecular formula is C21H22N8OS. The van der Waals surface area contributed by atoms with Gasteiger partial charge in [0.05, 0.1) is 5.75 Å². The predicted molar refractivity (Wildman–Crippen MR) is 119 cm³/mol. The number of tetrazole rings is 1. The molecule has 0 aliphatic heterocycles. The highest BCUT2D eigenvalue weighted by atomic mass is 32.2. The average molecular weight is 435 g/mol. The molecule has 0 radical (unpaired) electrons.